The van der Waals surface area contributed by atoms with Crippen LogP contribution in [0.15, 0.2) is 0 Å². The molecule has 0 amide bonds. The summed E-state index contributed by atoms with van der Waals surface area (Å²) in [6.45, 7) is -1.17. The molecule has 1 saturated heterocycles. The molecule has 0 radical (unpaired) electrons. The first-order valence-corrected chi connectivity index (χ1v) is 7.04. The van der Waals surface area contributed by atoms with Crippen LogP contribution >= 0.6 is 0 Å². The van der Waals surface area contributed by atoms with E-state index in [2.05, 4.69) is 0 Å². The molecular formula is C12H26N2O10. The number of ether oxygens (including phenoxy) is 1. The largest absolute Gasteiger partial charge is 0.394 e. The van der Waals surface area contributed by atoms with E-state index in [-0.39, 0.29) is 6.29 Å². The molecule has 9 atom stereocenters. The van der Waals surface area contributed by atoms with Crippen molar-refractivity contribution in [1.29, 1.82) is 0 Å². The summed E-state index contributed by atoms with van der Waals surface area (Å²) in [5, 5.41) is 71.2. The maximum atomic E-state index is 10.0. The summed E-state index contributed by atoms with van der Waals surface area (Å²) in [5.41, 5.74) is 10.3. The highest BCUT2D eigenvalue weighted by Gasteiger charge is 2.41. The molecule has 24 heavy (non-hydrogen) atoms. The van der Waals surface area contributed by atoms with E-state index in [0.29, 0.717) is 0 Å². The van der Waals surface area contributed by atoms with Crippen LogP contribution in [0.4, 0.5) is 0 Å². The SMILES string of the molecule is N[C@@H](C=O)[C@@H](O)[C@@H](O)[C@H](O)CO.N[C@H]1C(O)O[C@H](CO)[C@@H](O)[C@@H]1O. The predicted octanol–water partition coefficient (Wildman–Crippen LogP) is -6.67. The molecule has 0 aliphatic carbocycles. The van der Waals surface area contributed by atoms with Gasteiger partial charge in [-0.15, -0.1) is 0 Å². The molecule has 0 bridgehead atoms. The lowest BCUT2D eigenvalue weighted by atomic mass is 9.98. The lowest BCUT2D eigenvalue weighted by Gasteiger charge is -2.38. The number of nitrogens with two attached hydrogens (primary N) is 2. The number of aliphatic hydroxyl groups excluding tert-OH is 8. The molecule has 1 aliphatic heterocycles. The number of carbonyl (C=O) groups is 1. The van der Waals surface area contributed by atoms with Crippen molar-refractivity contribution in [2.45, 2.75) is 55.0 Å². The Morgan fingerprint density at radius 2 is 1.58 bits per heavy atom. The van der Waals surface area contributed by atoms with Gasteiger partial charge < -0.3 is 61.9 Å². The second-order valence-corrected chi connectivity index (χ2v) is 5.25. The molecule has 12 N–H and O–H groups in total. The number of carbonyl (C=O) groups excluding carboxylic acids is 1. The van der Waals surface area contributed by atoms with Crippen molar-refractivity contribution in [1.82, 2.24) is 0 Å². The number of aliphatic hydroxyl groups is 8. The maximum Gasteiger partial charge on any atom is 0.173 e. The van der Waals surface area contributed by atoms with Crippen LogP contribution in [0.5, 0.6) is 0 Å². The van der Waals surface area contributed by atoms with Crippen molar-refractivity contribution in [2.24, 2.45) is 11.5 Å². The first-order chi connectivity index (χ1) is 11.1. The van der Waals surface area contributed by atoms with Gasteiger partial charge >= 0.3 is 0 Å². The van der Waals surface area contributed by atoms with E-state index < -0.39 is 68.2 Å². The normalized spacial score (nSPS) is 35.2. The highest BCUT2D eigenvalue weighted by molar-refractivity contribution is 5.58. The van der Waals surface area contributed by atoms with Gasteiger partial charge in [0, 0.05) is 0 Å². The van der Waals surface area contributed by atoms with E-state index in [9.17, 15) is 15.0 Å². The second kappa shape index (κ2) is 11.0. The second-order valence-electron chi connectivity index (χ2n) is 5.25. The molecule has 1 unspecified atom stereocenters. The minimum absolute atomic E-state index is 0.248. The summed E-state index contributed by atoms with van der Waals surface area (Å²) >= 11 is 0. The third-order valence-corrected chi connectivity index (χ3v) is 3.43. The molecule has 0 saturated carbocycles. The van der Waals surface area contributed by atoms with Gasteiger partial charge in [0.1, 0.15) is 42.9 Å². The average molecular weight is 358 g/mol. The first-order valence-electron chi connectivity index (χ1n) is 7.04. The van der Waals surface area contributed by atoms with E-state index in [1.807, 2.05) is 0 Å². The zero-order chi connectivity index (χ0) is 19.0. The lowest BCUT2D eigenvalue weighted by molar-refractivity contribution is -0.248. The van der Waals surface area contributed by atoms with Crippen molar-refractivity contribution >= 4 is 6.29 Å². The van der Waals surface area contributed by atoms with Crippen molar-refractivity contribution in [3.05, 3.63) is 0 Å². The maximum absolute atomic E-state index is 10.0. The average Bonchev–Trinajstić information content (AvgIpc) is 2.60. The molecule has 0 spiro atoms. The fourth-order valence-corrected chi connectivity index (χ4v) is 1.76. The summed E-state index contributed by atoms with van der Waals surface area (Å²) in [6.07, 6.45) is -9.28. The van der Waals surface area contributed by atoms with Gasteiger partial charge in [-0.1, -0.05) is 0 Å². The zero-order valence-corrected chi connectivity index (χ0v) is 12.7. The Hall–Kier alpha value is -0.770. The van der Waals surface area contributed by atoms with Gasteiger partial charge in [0.2, 0.25) is 0 Å². The van der Waals surface area contributed by atoms with E-state index in [0.717, 1.165) is 0 Å². The molecule has 12 heteroatoms. The summed E-state index contributed by atoms with van der Waals surface area (Å²) in [6, 6.07) is -2.30. The Balaban J connectivity index is 0.000000441. The van der Waals surface area contributed by atoms with Gasteiger partial charge in [-0.2, -0.15) is 0 Å². The first kappa shape index (κ1) is 23.2. The van der Waals surface area contributed by atoms with Crippen LogP contribution in [0.3, 0.4) is 0 Å². The van der Waals surface area contributed by atoms with Crippen LogP contribution in [0.25, 0.3) is 0 Å². The van der Waals surface area contributed by atoms with Gasteiger partial charge in [-0.3, -0.25) is 0 Å². The molecule has 1 heterocycles. The Morgan fingerprint density at radius 3 is 2.00 bits per heavy atom. The highest BCUT2D eigenvalue weighted by atomic mass is 16.6. The number of aldehydes is 1. The molecular weight excluding hydrogens is 332 g/mol. The van der Waals surface area contributed by atoms with E-state index >= 15 is 0 Å². The van der Waals surface area contributed by atoms with Crippen molar-refractivity contribution in [2.75, 3.05) is 13.2 Å². The summed E-state index contributed by atoms with van der Waals surface area (Å²) < 4.78 is 4.70. The fraction of sp³-hybridized carbons (Fsp3) is 0.917. The number of hydrogen-bond acceptors (Lipinski definition) is 12. The third kappa shape index (κ3) is 6.27. The quantitative estimate of drug-likeness (QED) is 0.199. The molecule has 0 aromatic carbocycles. The molecule has 0 aromatic rings. The minimum atomic E-state index is -1.62. The minimum Gasteiger partial charge on any atom is -0.394 e. The molecule has 144 valence electrons. The zero-order valence-electron chi connectivity index (χ0n) is 12.7. The molecule has 1 rings (SSSR count). The smallest absolute Gasteiger partial charge is 0.173 e. The monoisotopic (exact) mass is 358 g/mol. The number of rotatable bonds is 6. The Bertz CT molecular complexity index is 358. The fourth-order valence-electron chi connectivity index (χ4n) is 1.76. The van der Waals surface area contributed by atoms with Gasteiger partial charge in [0.15, 0.2) is 6.29 Å². The standard InChI is InChI=1S/2C6H13NO5/c7-3-5(10)4(9)2(1-8)12-6(3)11;7-3(1-8)5(11)6(12)4(10)2-9/h2-6,8-11H,1,7H2;1,3-6,9-12H,2,7H2/t2-,3-,4-,5-,6?;3-,4+,5+,6-/m10/s1. The van der Waals surface area contributed by atoms with Crippen LogP contribution < -0.4 is 11.5 Å². The molecule has 1 fully saturated rings. The Labute approximate surface area is 137 Å². The predicted molar refractivity (Wildman–Crippen MR) is 77.1 cm³/mol. The van der Waals surface area contributed by atoms with Crippen LogP contribution in [0, 0.1) is 0 Å². The molecule has 0 aromatic heterocycles. The summed E-state index contributed by atoms with van der Waals surface area (Å²) in [4.78, 5) is 10.0. The molecule has 12 nitrogen and oxygen atoms in total. The Morgan fingerprint density at radius 1 is 1.04 bits per heavy atom. The van der Waals surface area contributed by atoms with Crippen LogP contribution in [0.2, 0.25) is 0 Å². The highest BCUT2D eigenvalue weighted by Crippen LogP contribution is 2.17. The Kier molecular flexibility index (Phi) is 10.6. The third-order valence-electron chi connectivity index (χ3n) is 3.43. The van der Waals surface area contributed by atoms with E-state index in [4.69, 9.17) is 46.8 Å². The van der Waals surface area contributed by atoms with Crippen molar-refractivity contribution in [3.8, 4) is 0 Å². The van der Waals surface area contributed by atoms with Gasteiger partial charge in [0.05, 0.1) is 25.3 Å². The van der Waals surface area contributed by atoms with E-state index in [1.165, 1.54) is 0 Å². The van der Waals surface area contributed by atoms with Crippen molar-refractivity contribution < 1.29 is 50.4 Å². The molecule has 1 aliphatic rings. The van der Waals surface area contributed by atoms with Crippen molar-refractivity contribution in [3.63, 3.8) is 0 Å². The van der Waals surface area contributed by atoms with Gasteiger partial charge in [-0.05, 0) is 0 Å². The van der Waals surface area contributed by atoms with Gasteiger partial charge in [0.25, 0.3) is 0 Å². The van der Waals surface area contributed by atoms with E-state index in [1.54, 1.807) is 0 Å². The van der Waals surface area contributed by atoms with Crippen LogP contribution in [-0.4, -0.2) is 115 Å². The topological polar surface area (TPSA) is 240 Å². The lowest BCUT2D eigenvalue weighted by Crippen LogP contribution is -2.61. The van der Waals surface area contributed by atoms with Gasteiger partial charge in [-0.25, -0.2) is 0 Å². The number of hydrogen-bond donors (Lipinski definition) is 10. The summed E-state index contributed by atoms with van der Waals surface area (Å²) in [5.74, 6) is 0. The van der Waals surface area contributed by atoms with Crippen LogP contribution in [0.1, 0.15) is 0 Å². The van der Waals surface area contributed by atoms with Crippen LogP contribution in [-0.2, 0) is 9.53 Å². The summed E-state index contributed by atoms with van der Waals surface area (Å²) in [7, 11) is 0.